The maximum absolute atomic E-state index is 9.44. The number of rotatable bonds is 3. The molecule has 0 radical (unpaired) electrons. The van der Waals surface area contributed by atoms with Gasteiger partial charge in [-0.15, -0.1) is 0 Å². The number of benzene rings is 1. The van der Waals surface area contributed by atoms with Crippen molar-refractivity contribution >= 4 is 11.6 Å². The molecular weight excluding hydrogens is 208 g/mol. The fraction of sp³-hybridized carbons (Fsp3) is 0.333. The van der Waals surface area contributed by atoms with Crippen molar-refractivity contribution in [1.82, 2.24) is 0 Å². The van der Waals surface area contributed by atoms with Crippen LogP contribution in [-0.4, -0.2) is 24.4 Å². The van der Waals surface area contributed by atoms with Gasteiger partial charge in [-0.2, -0.15) is 0 Å². The summed E-state index contributed by atoms with van der Waals surface area (Å²) in [6.07, 6.45) is 0. The van der Waals surface area contributed by atoms with Gasteiger partial charge in [0.15, 0.2) is 11.5 Å². The van der Waals surface area contributed by atoms with E-state index in [4.69, 9.17) is 26.2 Å². The molecule has 0 heterocycles. The number of hydrogen-bond acceptors (Lipinski definition) is 4. The quantitative estimate of drug-likeness (QED) is 0.808. The molecule has 0 saturated heterocycles. The summed E-state index contributed by atoms with van der Waals surface area (Å²) in [7, 11) is 2.87. The maximum atomic E-state index is 9.44. The molecule has 0 fully saturated rings. The number of methoxy groups -OCH3 is 2. The predicted molar refractivity (Wildman–Crippen MR) is 52.1 cm³/mol. The molecule has 2 N–H and O–H groups in total. The fourth-order valence-corrected chi connectivity index (χ4v) is 1.45. The average molecular weight is 219 g/mol. The first-order valence-corrected chi connectivity index (χ1v) is 4.26. The molecule has 0 aliphatic carbocycles. The van der Waals surface area contributed by atoms with Crippen molar-refractivity contribution in [3.05, 3.63) is 16.7 Å². The van der Waals surface area contributed by atoms with E-state index >= 15 is 0 Å². The molecule has 1 aromatic carbocycles. The van der Waals surface area contributed by atoms with E-state index in [0.717, 1.165) is 0 Å². The van der Waals surface area contributed by atoms with Crippen LogP contribution in [0.15, 0.2) is 6.07 Å². The second-order valence-corrected chi connectivity index (χ2v) is 2.96. The third kappa shape index (κ3) is 1.71. The van der Waals surface area contributed by atoms with E-state index in [9.17, 15) is 5.11 Å². The fourth-order valence-electron chi connectivity index (χ4n) is 1.13. The first kappa shape index (κ1) is 10.9. The third-order valence-electron chi connectivity index (χ3n) is 1.85. The Morgan fingerprint density at radius 2 is 2.00 bits per heavy atom. The summed E-state index contributed by atoms with van der Waals surface area (Å²) < 4.78 is 9.93. The molecule has 5 heteroatoms. The average Bonchev–Trinajstić information content (AvgIpc) is 2.17. The summed E-state index contributed by atoms with van der Waals surface area (Å²) in [5.41, 5.74) is 0.226. The molecule has 14 heavy (non-hydrogen) atoms. The van der Waals surface area contributed by atoms with Gasteiger partial charge in [-0.1, -0.05) is 11.6 Å². The van der Waals surface area contributed by atoms with Crippen LogP contribution in [0.3, 0.4) is 0 Å². The Labute approximate surface area is 86.6 Å². The van der Waals surface area contributed by atoms with E-state index < -0.39 is 0 Å². The summed E-state index contributed by atoms with van der Waals surface area (Å²) in [4.78, 5) is 0. The van der Waals surface area contributed by atoms with Gasteiger partial charge in [0.1, 0.15) is 5.75 Å². The molecule has 78 valence electrons. The lowest BCUT2D eigenvalue weighted by atomic mass is 10.2. The van der Waals surface area contributed by atoms with Gasteiger partial charge in [0.2, 0.25) is 0 Å². The molecule has 0 unspecified atom stereocenters. The third-order valence-corrected chi connectivity index (χ3v) is 2.25. The van der Waals surface area contributed by atoms with E-state index in [1.807, 2.05) is 0 Å². The second-order valence-electron chi connectivity index (χ2n) is 2.58. The Balaban J connectivity index is 3.39. The van der Waals surface area contributed by atoms with Gasteiger partial charge in [0.05, 0.1) is 25.8 Å². The van der Waals surface area contributed by atoms with Crippen LogP contribution < -0.4 is 9.47 Å². The minimum absolute atomic E-state index is 0.116. The van der Waals surface area contributed by atoms with Gasteiger partial charge in [-0.3, -0.25) is 0 Å². The normalized spacial score (nSPS) is 10.0. The molecule has 0 aromatic heterocycles. The number of aliphatic hydroxyl groups is 1. The maximum Gasteiger partial charge on any atom is 0.180 e. The molecule has 1 rings (SSSR count). The van der Waals surface area contributed by atoms with E-state index in [2.05, 4.69) is 0 Å². The molecule has 0 aliphatic heterocycles. The zero-order valence-corrected chi connectivity index (χ0v) is 8.63. The van der Waals surface area contributed by atoms with Crippen molar-refractivity contribution in [3.8, 4) is 17.2 Å². The van der Waals surface area contributed by atoms with Crippen molar-refractivity contribution in [2.75, 3.05) is 14.2 Å². The topological polar surface area (TPSA) is 58.9 Å². The monoisotopic (exact) mass is 218 g/mol. The zero-order valence-electron chi connectivity index (χ0n) is 7.87. The summed E-state index contributed by atoms with van der Waals surface area (Å²) in [6, 6.07) is 1.34. The van der Waals surface area contributed by atoms with E-state index in [0.29, 0.717) is 11.5 Å². The highest BCUT2D eigenvalue weighted by Crippen LogP contribution is 2.42. The van der Waals surface area contributed by atoms with Crippen LogP contribution in [-0.2, 0) is 6.61 Å². The summed E-state index contributed by atoms with van der Waals surface area (Å²) in [5, 5.41) is 18.5. The van der Waals surface area contributed by atoms with Gasteiger partial charge in [0, 0.05) is 11.6 Å². The molecule has 0 atom stereocenters. The van der Waals surface area contributed by atoms with Crippen LogP contribution in [0.25, 0.3) is 0 Å². The Morgan fingerprint density at radius 3 is 2.43 bits per heavy atom. The van der Waals surface area contributed by atoms with Crippen molar-refractivity contribution in [2.24, 2.45) is 0 Å². The van der Waals surface area contributed by atoms with Crippen molar-refractivity contribution < 1.29 is 19.7 Å². The Morgan fingerprint density at radius 1 is 1.36 bits per heavy atom. The van der Waals surface area contributed by atoms with E-state index in [1.54, 1.807) is 0 Å². The predicted octanol–water partition coefficient (Wildman–Crippen LogP) is 1.56. The summed E-state index contributed by atoms with van der Waals surface area (Å²) >= 11 is 5.87. The largest absolute Gasteiger partial charge is 0.507 e. The van der Waals surface area contributed by atoms with Gasteiger partial charge >= 0.3 is 0 Å². The zero-order chi connectivity index (χ0) is 10.7. The molecule has 4 nitrogen and oxygen atoms in total. The lowest BCUT2D eigenvalue weighted by Crippen LogP contribution is -1.95. The highest BCUT2D eigenvalue weighted by molar-refractivity contribution is 6.33. The van der Waals surface area contributed by atoms with Crippen molar-refractivity contribution in [1.29, 1.82) is 0 Å². The van der Waals surface area contributed by atoms with Crippen LogP contribution in [0.4, 0.5) is 0 Å². The highest BCUT2D eigenvalue weighted by Gasteiger charge is 2.16. The van der Waals surface area contributed by atoms with E-state index in [-0.39, 0.29) is 22.9 Å². The lowest BCUT2D eigenvalue weighted by Gasteiger charge is -2.13. The second kappa shape index (κ2) is 4.39. The van der Waals surface area contributed by atoms with Gasteiger partial charge in [-0.05, 0) is 0 Å². The molecule has 1 aromatic rings. The smallest absolute Gasteiger partial charge is 0.180 e. The van der Waals surface area contributed by atoms with Gasteiger partial charge in [-0.25, -0.2) is 0 Å². The number of phenols is 1. The number of ether oxygens (including phenoxy) is 2. The number of aliphatic hydroxyl groups excluding tert-OH is 1. The minimum Gasteiger partial charge on any atom is -0.507 e. The Kier molecular flexibility index (Phi) is 3.43. The van der Waals surface area contributed by atoms with Crippen molar-refractivity contribution in [2.45, 2.75) is 6.61 Å². The summed E-state index contributed by atoms with van der Waals surface area (Å²) in [5.74, 6) is 0.512. The summed E-state index contributed by atoms with van der Waals surface area (Å²) in [6.45, 7) is -0.356. The van der Waals surface area contributed by atoms with Crippen LogP contribution in [0.2, 0.25) is 5.02 Å². The Bertz CT molecular complexity index is 338. The molecule has 0 amide bonds. The number of halogens is 1. The Hall–Kier alpha value is -1.13. The molecule has 0 aliphatic rings. The van der Waals surface area contributed by atoms with E-state index in [1.165, 1.54) is 20.3 Å². The van der Waals surface area contributed by atoms with Gasteiger partial charge in [0.25, 0.3) is 0 Å². The van der Waals surface area contributed by atoms with Crippen LogP contribution in [0, 0.1) is 0 Å². The molecule has 0 spiro atoms. The SMILES string of the molecule is COc1cc(O)c(CO)c(Cl)c1OC. The highest BCUT2D eigenvalue weighted by atomic mass is 35.5. The van der Waals surface area contributed by atoms with Crippen LogP contribution in [0.5, 0.6) is 17.2 Å². The molecule has 0 bridgehead atoms. The van der Waals surface area contributed by atoms with Crippen molar-refractivity contribution in [3.63, 3.8) is 0 Å². The first-order chi connectivity index (χ1) is 6.65. The van der Waals surface area contributed by atoms with Crippen LogP contribution >= 0.6 is 11.6 Å². The number of aromatic hydroxyl groups is 1. The van der Waals surface area contributed by atoms with Crippen LogP contribution in [0.1, 0.15) is 5.56 Å². The minimum atomic E-state index is -0.356. The standard InChI is InChI=1S/C9H11ClO4/c1-13-7-3-6(12)5(4-11)8(10)9(7)14-2/h3,11-12H,4H2,1-2H3. The molecule has 0 saturated carbocycles. The molecular formula is C9H11ClO4. The van der Waals surface area contributed by atoms with Gasteiger partial charge < -0.3 is 19.7 Å². The number of hydrogen-bond donors (Lipinski definition) is 2. The lowest BCUT2D eigenvalue weighted by molar-refractivity contribution is 0.273. The first-order valence-electron chi connectivity index (χ1n) is 3.88.